The van der Waals surface area contributed by atoms with Gasteiger partial charge >= 0.3 is 0 Å². The van der Waals surface area contributed by atoms with Gasteiger partial charge in [-0.15, -0.1) is 0 Å². The summed E-state index contributed by atoms with van der Waals surface area (Å²) in [4.78, 5) is 2.31. The fraction of sp³-hybridized carbons (Fsp3) is 0.625. The van der Waals surface area contributed by atoms with Crippen LogP contribution in [0.5, 0.6) is 11.5 Å². The van der Waals surface area contributed by atoms with Crippen LogP contribution in [-0.4, -0.2) is 57.5 Å². The predicted octanol–water partition coefficient (Wildman–Crippen LogP) is 1.27. The minimum atomic E-state index is 0.282. The van der Waals surface area contributed by atoms with Crippen LogP contribution in [0.15, 0.2) is 18.2 Å². The number of nitrogens with zero attached hydrogens (tertiary/aromatic N) is 1. The normalized spacial score (nSPS) is 22.8. The Labute approximate surface area is 126 Å². The van der Waals surface area contributed by atoms with Gasteiger partial charge in [0.05, 0.1) is 25.9 Å². The van der Waals surface area contributed by atoms with E-state index in [-0.39, 0.29) is 6.10 Å². The smallest absolute Gasteiger partial charge is 0.161 e. The molecule has 3 rings (SSSR count). The number of rotatable bonds is 4. The van der Waals surface area contributed by atoms with E-state index in [4.69, 9.17) is 14.2 Å². The molecule has 1 fully saturated rings. The third-order valence-electron chi connectivity index (χ3n) is 3.85. The van der Waals surface area contributed by atoms with Gasteiger partial charge in [-0.25, -0.2) is 0 Å². The summed E-state index contributed by atoms with van der Waals surface area (Å²) < 4.78 is 17.1. The summed E-state index contributed by atoms with van der Waals surface area (Å²) in [7, 11) is 2.14. The molecule has 5 heteroatoms. The van der Waals surface area contributed by atoms with E-state index in [1.807, 2.05) is 6.07 Å². The Balaban J connectivity index is 1.50. The molecule has 21 heavy (non-hydrogen) atoms. The van der Waals surface area contributed by atoms with Crippen molar-refractivity contribution in [2.24, 2.45) is 0 Å². The lowest BCUT2D eigenvalue weighted by Gasteiger charge is -2.30. The van der Waals surface area contributed by atoms with E-state index >= 15 is 0 Å². The molecule has 1 saturated heterocycles. The first-order valence-corrected chi connectivity index (χ1v) is 7.70. The average Bonchev–Trinajstić information content (AvgIpc) is 2.72. The molecule has 0 aromatic heterocycles. The first-order chi connectivity index (χ1) is 10.3. The van der Waals surface area contributed by atoms with Crippen LogP contribution in [0.4, 0.5) is 0 Å². The van der Waals surface area contributed by atoms with Gasteiger partial charge in [0, 0.05) is 32.6 Å². The van der Waals surface area contributed by atoms with Crippen molar-refractivity contribution in [3.63, 3.8) is 0 Å². The topological polar surface area (TPSA) is 43.0 Å². The molecule has 2 aliphatic heterocycles. The highest BCUT2D eigenvalue weighted by molar-refractivity contribution is 5.43. The van der Waals surface area contributed by atoms with Crippen LogP contribution in [0.25, 0.3) is 0 Å². The van der Waals surface area contributed by atoms with Crippen molar-refractivity contribution in [1.82, 2.24) is 10.2 Å². The number of likely N-dealkylation sites (N-methyl/N-ethyl adjacent to an activating group) is 1. The Kier molecular flexibility index (Phi) is 4.95. The van der Waals surface area contributed by atoms with Gasteiger partial charge in [-0.05, 0) is 24.7 Å². The number of hydrogen-bond donors (Lipinski definition) is 1. The van der Waals surface area contributed by atoms with Crippen molar-refractivity contribution in [2.45, 2.75) is 19.1 Å². The molecule has 0 aliphatic carbocycles. The lowest BCUT2D eigenvalue weighted by Crippen LogP contribution is -2.44. The molecule has 0 saturated carbocycles. The Morgan fingerprint density at radius 2 is 2.05 bits per heavy atom. The Bertz CT molecular complexity index is 467. The van der Waals surface area contributed by atoms with E-state index in [0.29, 0.717) is 0 Å². The van der Waals surface area contributed by atoms with Crippen molar-refractivity contribution < 1.29 is 14.2 Å². The van der Waals surface area contributed by atoms with E-state index in [1.165, 1.54) is 5.56 Å². The standard InChI is InChI=1S/C16H24N2O3/c1-18-5-8-19-14(12-18)11-17-10-13-3-4-15-16(9-13)21-7-2-6-20-15/h3-4,9,14,17H,2,5-8,10-12H2,1H3. The zero-order chi connectivity index (χ0) is 14.5. The highest BCUT2D eigenvalue weighted by Gasteiger charge is 2.17. The molecule has 5 nitrogen and oxygen atoms in total. The van der Waals surface area contributed by atoms with Crippen LogP contribution in [-0.2, 0) is 11.3 Å². The van der Waals surface area contributed by atoms with Crippen molar-refractivity contribution in [1.29, 1.82) is 0 Å². The lowest BCUT2D eigenvalue weighted by molar-refractivity contribution is -0.0182. The van der Waals surface area contributed by atoms with Crippen molar-refractivity contribution in [3.8, 4) is 11.5 Å². The molecular weight excluding hydrogens is 268 g/mol. The first kappa shape index (κ1) is 14.6. The summed E-state index contributed by atoms with van der Waals surface area (Å²) in [6.45, 7) is 6.00. The summed E-state index contributed by atoms with van der Waals surface area (Å²) in [5, 5.41) is 3.47. The second-order valence-electron chi connectivity index (χ2n) is 5.72. The number of benzene rings is 1. The van der Waals surface area contributed by atoms with Gasteiger partial charge in [-0.3, -0.25) is 0 Å². The zero-order valence-electron chi connectivity index (χ0n) is 12.6. The Morgan fingerprint density at radius 3 is 2.90 bits per heavy atom. The monoisotopic (exact) mass is 292 g/mol. The average molecular weight is 292 g/mol. The van der Waals surface area contributed by atoms with Gasteiger partial charge in [0.25, 0.3) is 0 Å². The maximum atomic E-state index is 5.74. The fourth-order valence-electron chi connectivity index (χ4n) is 2.69. The van der Waals surface area contributed by atoms with Crippen LogP contribution >= 0.6 is 0 Å². The first-order valence-electron chi connectivity index (χ1n) is 7.70. The summed E-state index contributed by atoms with van der Waals surface area (Å²) in [5.41, 5.74) is 1.21. The Morgan fingerprint density at radius 1 is 1.19 bits per heavy atom. The van der Waals surface area contributed by atoms with Gasteiger partial charge < -0.3 is 24.4 Å². The van der Waals surface area contributed by atoms with Gasteiger partial charge in [0.1, 0.15) is 0 Å². The third kappa shape index (κ3) is 4.09. The minimum Gasteiger partial charge on any atom is -0.490 e. The van der Waals surface area contributed by atoms with E-state index in [2.05, 4.69) is 29.4 Å². The van der Waals surface area contributed by atoms with Crippen LogP contribution < -0.4 is 14.8 Å². The van der Waals surface area contributed by atoms with Crippen molar-refractivity contribution >= 4 is 0 Å². The fourth-order valence-corrected chi connectivity index (χ4v) is 2.69. The maximum absolute atomic E-state index is 5.74. The van der Waals surface area contributed by atoms with Gasteiger partial charge in [-0.2, -0.15) is 0 Å². The van der Waals surface area contributed by atoms with Crippen LogP contribution in [0.1, 0.15) is 12.0 Å². The highest BCUT2D eigenvalue weighted by Crippen LogP contribution is 2.30. The molecule has 1 atom stereocenters. The molecule has 0 spiro atoms. The minimum absolute atomic E-state index is 0.282. The SMILES string of the molecule is CN1CCOC(CNCc2ccc3c(c2)OCCCO3)C1. The van der Waals surface area contributed by atoms with E-state index < -0.39 is 0 Å². The third-order valence-corrected chi connectivity index (χ3v) is 3.85. The van der Waals surface area contributed by atoms with Gasteiger partial charge in [0.2, 0.25) is 0 Å². The molecule has 1 N–H and O–H groups in total. The number of ether oxygens (including phenoxy) is 3. The van der Waals surface area contributed by atoms with Crippen LogP contribution in [0.2, 0.25) is 0 Å². The summed E-state index contributed by atoms with van der Waals surface area (Å²) >= 11 is 0. The van der Waals surface area contributed by atoms with E-state index in [0.717, 1.165) is 63.9 Å². The summed E-state index contributed by atoms with van der Waals surface area (Å²) in [5.74, 6) is 1.72. The molecule has 1 aromatic rings. The molecule has 0 bridgehead atoms. The summed E-state index contributed by atoms with van der Waals surface area (Å²) in [6.07, 6.45) is 1.22. The molecule has 1 aromatic carbocycles. The van der Waals surface area contributed by atoms with Crippen LogP contribution in [0.3, 0.4) is 0 Å². The van der Waals surface area contributed by atoms with Gasteiger partial charge in [-0.1, -0.05) is 6.07 Å². The molecule has 0 amide bonds. The van der Waals surface area contributed by atoms with E-state index in [1.54, 1.807) is 0 Å². The molecule has 116 valence electrons. The molecule has 0 radical (unpaired) electrons. The molecule has 2 heterocycles. The van der Waals surface area contributed by atoms with Crippen molar-refractivity contribution in [3.05, 3.63) is 23.8 Å². The molecular formula is C16H24N2O3. The lowest BCUT2D eigenvalue weighted by atomic mass is 10.2. The quantitative estimate of drug-likeness (QED) is 0.905. The number of nitrogens with one attached hydrogen (secondary N) is 1. The van der Waals surface area contributed by atoms with Gasteiger partial charge in [0.15, 0.2) is 11.5 Å². The predicted molar refractivity (Wildman–Crippen MR) is 81.0 cm³/mol. The van der Waals surface area contributed by atoms with Crippen LogP contribution in [0, 0.1) is 0 Å². The van der Waals surface area contributed by atoms with E-state index in [9.17, 15) is 0 Å². The molecule has 1 unspecified atom stereocenters. The number of hydrogen-bond acceptors (Lipinski definition) is 5. The Hall–Kier alpha value is -1.30. The summed E-state index contributed by atoms with van der Waals surface area (Å²) in [6, 6.07) is 6.17. The maximum Gasteiger partial charge on any atom is 0.161 e. The molecule has 2 aliphatic rings. The highest BCUT2D eigenvalue weighted by atomic mass is 16.5. The second-order valence-corrected chi connectivity index (χ2v) is 5.72. The number of fused-ring (bicyclic) bond motifs is 1. The second kappa shape index (κ2) is 7.11. The number of morpholine rings is 1. The van der Waals surface area contributed by atoms with Crippen molar-refractivity contribution in [2.75, 3.05) is 46.5 Å². The zero-order valence-corrected chi connectivity index (χ0v) is 12.6. The largest absolute Gasteiger partial charge is 0.490 e.